The molecule has 114 valence electrons. The lowest BCUT2D eigenvalue weighted by Gasteiger charge is -2.36. The lowest BCUT2D eigenvalue weighted by molar-refractivity contribution is -0.385. The summed E-state index contributed by atoms with van der Waals surface area (Å²) < 4.78 is 11.4. The molecule has 1 heterocycles. The smallest absolute Gasteiger partial charge is 0.272 e. The van der Waals surface area contributed by atoms with E-state index in [0.29, 0.717) is 24.8 Å². The molecule has 1 aromatic carbocycles. The molecule has 0 unspecified atom stereocenters. The molecule has 1 saturated carbocycles. The van der Waals surface area contributed by atoms with Crippen LogP contribution in [0.1, 0.15) is 31.2 Å². The number of ether oxygens (including phenoxy) is 2. The van der Waals surface area contributed by atoms with Crippen molar-refractivity contribution in [3.63, 3.8) is 0 Å². The second-order valence-corrected chi connectivity index (χ2v) is 5.78. The van der Waals surface area contributed by atoms with Crippen LogP contribution in [0.25, 0.3) is 0 Å². The van der Waals surface area contributed by atoms with E-state index in [2.05, 4.69) is 5.32 Å². The Bertz CT molecular complexity index is 530. The van der Waals surface area contributed by atoms with E-state index in [1.165, 1.54) is 0 Å². The largest absolute Gasteiger partial charge is 0.382 e. The predicted molar refractivity (Wildman–Crippen MR) is 78.3 cm³/mol. The van der Waals surface area contributed by atoms with Crippen LogP contribution in [0.5, 0.6) is 0 Å². The molecule has 1 aromatic rings. The molecule has 0 bridgehead atoms. The van der Waals surface area contributed by atoms with Gasteiger partial charge in [0.25, 0.3) is 5.69 Å². The lowest BCUT2D eigenvalue weighted by Crippen LogP contribution is -2.39. The number of rotatable bonds is 3. The molecule has 0 aromatic heterocycles. The standard InChI is InChI=1S/C15H20N2O4/c1-11-10-13(2-3-14(11)17(18)19)16-12-4-6-15(7-5-12)20-8-9-21-15/h2-3,10,12,16H,4-9H2,1H3. The molecule has 2 aliphatic rings. The molecule has 3 rings (SSSR count). The molecule has 6 heteroatoms. The number of nitrogens with zero attached hydrogens (tertiary/aromatic N) is 1. The molecular formula is C15H20N2O4. The number of nitrogens with one attached hydrogen (secondary N) is 1. The van der Waals surface area contributed by atoms with Gasteiger partial charge in [0.05, 0.1) is 18.1 Å². The number of nitro groups is 1. The van der Waals surface area contributed by atoms with Crippen molar-refractivity contribution < 1.29 is 14.4 Å². The Morgan fingerprint density at radius 1 is 1.29 bits per heavy atom. The van der Waals surface area contributed by atoms with Gasteiger partial charge < -0.3 is 14.8 Å². The minimum Gasteiger partial charge on any atom is -0.382 e. The van der Waals surface area contributed by atoms with Crippen molar-refractivity contribution in [2.45, 2.75) is 44.4 Å². The maximum absolute atomic E-state index is 10.8. The lowest BCUT2D eigenvalue weighted by atomic mass is 9.90. The normalized spacial score (nSPS) is 21.6. The average Bonchev–Trinajstić information content (AvgIpc) is 2.90. The molecule has 21 heavy (non-hydrogen) atoms. The summed E-state index contributed by atoms with van der Waals surface area (Å²) in [5.41, 5.74) is 1.78. The Labute approximate surface area is 123 Å². The van der Waals surface area contributed by atoms with Gasteiger partial charge in [-0.1, -0.05) is 0 Å². The number of hydrogen-bond acceptors (Lipinski definition) is 5. The van der Waals surface area contributed by atoms with E-state index < -0.39 is 0 Å². The van der Waals surface area contributed by atoms with Crippen molar-refractivity contribution in [1.82, 2.24) is 0 Å². The Hall–Kier alpha value is -1.66. The van der Waals surface area contributed by atoms with Crippen LogP contribution in [-0.2, 0) is 9.47 Å². The van der Waals surface area contributed by atoms with Crippen LogP contribution in [0.2, 0.25) is 0 Å². The van der Waals surface area contributed by atoms with Crippen molar-refractivity contribution in [1.29, 1.82) is 0 Å². The summed E-state index contributed by atoms with van der Waals surface area (Å²) in [6, 6.07) is 5.54. The first-order valence-corrected chi connectivity index (χ1v) is 7.37. The zero-order valence-electron chi connectivity index (χ0n) is 12.1. The highest BCUT2D eigenvalue weighted by atomic mass is 16.7. The van der Waals surface area contributed by atoms with Gasteiger partial charge >= 0.3 is 0 Å². The molecule has 2 fully saturated rings. The molecule has 0 amide bonds. The van der Waals surface area contributed by atoms with Gasteiger partial charge in [0.2, 0.25) is 0 Å². The fourth-order valence-electron chi connectivity index (χ4n) is 3.17. The van der Waals surface area contributed by atoms with Crippen LogP contribution < -0.4 is 5.32 Å². The summed E-state index contributed by atoms with van der Waals surface area (Å²) in [7, 11) is 0. The first-order valence-electron chi connectivity index (χ1n) is 7.37. The zero-order chi connectivity index (χ0) is 14.9. The van der Waals surface area contributed by atoms with Gasteiger partial charge in [0, 0.05) is 36.2 Å². The predicted octanol–water partition coefficient (Wildman–Crippen LogP) is 3.00. The monoisotopic (exact) mass is 292 g/mol. The Morgan fingerprint density at radius 2 is 1.95 bits per heavy atom. The van der Waals surface area contributed by atoms with Crippen LogP contribution in [-0.4, -0.2) is 30.0 Å². The molecule has 1 saturated heterocycles. The summed E-state index contributed by atoms with van der Waals surface area (Å²) in [6.45, 7) is 3.15. The Balaban J connectivity index is 1.60. The van der Waals surface area contributed by atoms with Gasteiger partial charge in [-0.25, -0.2) is 0 Å². The number of aryl methyl sites for hydroxylation is 1. The summed E-state index contributed by atoms with van der Waals surface area (Å²) in [6.07, 6.45) is 3.76. The third-order valence-corrected chi connectivity index (χ3v) is 4.33. The highest BCUT2D eigenvalue weighted by Gasteiger charge is 2.40. The van der Waals surface area contributed by atoms with E-state index in [1.807, 2.05) is 6.07 Å². The topological polar surface area (TPSA) is 73.6 Å². The molecule has 1 aliphatic carbocycles. The van der Waals surface area contributed by atoms with E-state index in [-0.39, 0.29) is 16.4 Å². The third-order valence-electron chi connectivity index (χ3n) is 4.33. The number of nitro benzene ring substituents is 1. The summed E-state index contributed by atoms with van der Waals surface area (Å²) in [5.74, 6) is -0.344. The van der Waals surface area contributed by atoms with Gasteiger partial charge in [-0.3, -0.25) is 10.1 Å². The van der Waals surface area contributed by atoms with Crippen LogP contribution >= 0.6 is 0 Å². The van der Waals surface area contributed by atoms with Gasteiger partial charge in [-0.2, -0.15) is 0 Å². The second-order valence-electron chi connectivity index (χ2n) is 5.78. The first kappa shape index (κ1) is 14.3. The fourth-order valence-corrected chi connectivity index (χ4v) is 3.17. The maximum Gasteiger partial charge on any atom is 0.272 e. The quantitative estimate of drug-likeness (QED) is 0.684. The van der Waals surface area contributed by atoms with Crippen LogP contribution in [0, 0.1) is 17.0 Å². The Kier molecular flexibility index (Phi) is 3.82. The molecule has 1 spiro atoms. The minimum absolute atomic E-state index is 0.163. The Morgan fingerprint density at radius 3 is 2.52 bits per heavy atom. The fraction of sp³-hybridized carbons (Fsp3) is 0.600. The van der Waals surface area contributed by atoms with E-state index >= 15 is 0 Å². The molecule has 6 nitrogen and oxygen atoms in total. The maximum atomic E-state index is 10.8. The first-order chi connectivity index (χ1) is 10.1. The molecular weight excluding hydrogens is 272 g/mol. The van der Waals surface area contributed by atoms with E-state index in [0.717, 1.165) is 31.4 Å². The number of hydrogen-bond donors (Lipinski definition) is 1. The van der Waals surface area contributed by atoms with Gasteiger partial charge in [-0.15, -0.1) is 0 Å². The van der Waals surface area contributed by atoms with Crippen molar-refractivity contribution in [3.05, 3.63) is 33.9 Å². The molecule has 1 N–H and O–H groups in total. The highest BCUT2D eigenvalue weighted by Crippen LogP contribution is 2.36. The zero-order valence-corrected chi connectivity index (χ0v) is 12.1. The van der Waals surface area contributed by atoms with Crippen molar-refractivity contribution in [2.75, 3.05) is 18.5 Å². The van der Waals surface area contributed by atoms with E-state index in [4.69, 9.17) is 9.47 Å². The third kappa shape index (κ3) is 3.01. The number of benzene rings is 1. The van der Waals surface area contributed by atoms with Crippen molar-refractivity contribution in [3.8, 4) is 0 Å². The van der Waals surface area contributed by atoms with Crippen molar-refractivity contribution in [2.24, 2.45) is 0 Å². The van der Waals surface area contributed by atoms with Crippen molar-refractivity contribution >= 4 is 11.4 Å². The van der Waals surface area contributed by atoms with Crippen LogP contribution in [0.4, 0.5) is 11.4 Å². The second kappa shape index (κ2) is 5.61. The van der Waals surface area contributed by atoms with Gasteiger partial charge in [0.1, 0.15) is 0 Å². The van der Waals surface area contributed by atoms with Crippen LogP contribution in [0.3, 0.4) is 0 Å². The SMILES string of the molecule is Cc1cc(NC2CCC3(CC2)OCCO3)ccc1[N+](=O)[O-]. The van der Waals surface area contributed by atoms with Gasteiger partial charge in [-0.05, 0) is 31.9 Å². The van der Waals surface area contributed by atoms with Gasteiger partial charge in [0.15, 0.2) is 5.79 Å². The summed E-state index contributed by atoms with van der Waals surface area (Å²) >= 11 is 0. The molecule has 0 atom stereocenters. The molecule has 0 radical (unpaired) electrons. The average molecular weight is 292 g/mol. The summed E-state index contributed by atoms with van der Waals surface area (Å²) in [4.78, 5) is 10.5. The van der Waals surface area contributed by atoms with E-state index in [9.17, 15) is 10.1 Å². The molecule has 1 aliphatic heterocycles. The summed E-state index contributed by atoms with van der Waals surface area (Å²) in [5, 5.41) is 14.3. The highest BCUT2D eigenvalue weighted by molar-refractivity contribution is 5.54. The van der Waals surface area contributed by atoms with Crippen LogP contribution in [0.15, 0.2) is 18.2 Å². The van der Waals surface area contributed by atoms with E-state index in [1.54, 1.807) is 19.1 Å². The minimum atomic E-state index is -0.349. The number of anilines is 1.